The van der Waals surface area contributed by atoms with Crippen LogP contribution in [0.1, 0.15) is 39.7 Å². The fourth-order valence-corrected chi connectivity index (χ4v) is 4.69. The van der Waals surface area contributed by atoms with Gasteiger partial charge in [0.1, 0.15) is 5.69 Å². The minimum atomic E-state index is -4.96. The number of aromatic amines is 1. The maximum atomic E-state index is 13.3. The first-order valence-corrected chi connectivity index (χ1v) is 12.3. The van der Waals surface area contributed by atoms with Gasteiger partial charge in [0.2, 0.25) is 5.91 Å². The minimum absolute atomic E-state index is 0. The molecular formula is C26H30Cl2F6N6O2. The van der Waals surface area contributed by atoms with E-state index in [0.717, 1.165) is 11.3 Å². The molecule has 1 saturated heterocycles. The van der Waals surface area contributed by atoms with Crippen LogP contribution in [0.5, 0.6) is 0 Å². The van der Waals surface area contributed by atoms with E-state index >= 15 is 0 Å². The monoisotopic (exact) mass is 642 g/mol. The van der Waals surface area contributed by atoms with E-state index in [9.17, 15) is 31.1 Å². The normalized spacial score (nSPS) is 17.9. The highest BCUT2D eigenvalue weighted by atomic mass is 35.5. The Labute approximate surface area is 250 Å². The predicted molar refractivity (Wildman–Crippen MR) is 146 cm³/mol. The van der Waals surface area contributed by atoms with Crippen molar-refractivity contribution in [1.82, 2.24) is 30.5 Å². The van der Waals surface area contributed by atoms with Gasteiger partial charge in [-0.25, -0.2) is 0 Å². The number of halogens is 8. The number of carbonyl (C=O) groups excluding carboxylic acids is 1. The number of hydrogen-bond acceptors (Lipinski definition) is 6. The number of aromatic nitrogens is 3. The molecule has 0 aliphatic carbocycles. The molecule has 2 atom stereocenters. The van der Waals surface area contributed by atoms with E-state index in [4.69, 9.17) is 4.74 Å². The summed E-state index contributed by atoms with van der Waals surface area (Å²) in [5.74, 6) is -0.308. The number of hydrogen-bond donors (Lipinski definition) is 2. The smallest absolute Gasteiger partial charge is 0.375 e. The summed E-state index contributed by atoms with van der Waals surface area (Å²) >= 11 is 0. The topological polar surface area (TPSA) is 86.4 Å². The number of nitrogens with zero attached hydrogens (tertiary/aromatic N) is 4. The van der Waals surface area contributed by atoms with Gasteiger partial charge >= 0.3 is 12.4 Å². The average molecular weight is 643 g/mol. The van der Waals surface area contributed by atoms with Crippen molar-refractivity contribution in [2.45, 2.75) is 44.1 Å². The third-order valence-corrected chi connectivity index (χ3v) is 6.35. The highest BCUT2D eigenvalue weighted by Gasteiger charge is 2.38. The highest BCUT2D eigenvalue weighted by molar-refractivity contribution is 5.85. The van der Waals surface area contributed by atoms with Gasteiger partial charge in [-0.05, 0) is 43.4 Å². The Bertz CT molecular complexity index is 1270. The fourth-order valence-electron chi connectivity index (χ4n) is 4.69. The summed E-state index contributed by atoms with van der Waals surface area (Å²) in [6, 6.07) is 9.49. The Morgan fingerprint density at radius 2 is 1.62 bits per heavy atom. The zero-order chi connectivity index (χ0) is 29.1. The molecule has 2 heterocycles. The molecule has 0 saturated carbocycles. The second-order valence-corrected chi connectivity index (χ2v) is 9.84. The number of piperazine rings is 1. The van der Waals surface area contributed by atoms with E-state index in [1.54, 1.807) is 0 Å². The van der Waals surface area contributed by atoms with Gasteiger partial charge in [0.05, 0.1) is 48.7 Å². The third kappa shape index (κ3) is 9.04. The number of amides is 1. The van der Waals surface area contributed by atoms with Gasteiger partial charge in [-0.15, -0.1) is 29.9 Å². The first kappa shape index (κ1) is 35.3. The van der Waals surface area contributed by atoms with Gasteiger partial charge < -0.3 is 15.0 Å². The molecule has 232 valence electrons. The van der Waals surface area contributed by atoms with Crippen molar-refractivity contribution in [3.63, 3.8) is 0 Å². The Morgan fingerprint density at radius 1 is 1.00 bits per heavy atom. The van der Waals surface area contributed by atoms with Crippen molar-refractivity contribution < 1.29 is 35.9 Å². The molecule has 0 radical (unpaired) electrons. The van der Waals surface area contributed by atoms with Crippen molar-refractivity contribution in [1.29, 1.82) is 0 Å². The van der Waals surface area contributed by atoms with Crippen LogP contribution in [-0.2, 0) is 41.6 Å². The van der Waals surface area contributed by atoms with Gasteiger partial charge in [-0.3, -0.25) is 14.8 Å². The van der Waals surface area contributed by atoms with Crippen LogP contribution in [0.15, 0.2) is 48.5 Å². The zero-order valence-electron chi connectivity index (χ0n) is 22.5. The molecule has 8 nitrogen and oxygen atoms in total. The Morgan fingerprint density at radius 3 is 2.19 bits per heavy atom. The molecule has 4 rings (SSSR count). The first-order chi connectivity index (χ1) is 18.8. The second kappa shape index (κ2) is 14.5. The standard InChI is InChI=1S/C26H28F6N6O2.2ClH/c1-37(2)11-20-21(35-36-34-20)12-38-13-23(39)33-22(24(38)17-6-4-3-5-7-17)15-40-14-16-8-18(25(27,28)29)10-19(9-16)26(30,31)32;;/h3-10,22,24H,11-15H2,1-2H3,(H,33,39)(H,34,35,36);2*1H/t22-,24+;;/m1../s1. The molecule has 0 unspecified atom stereocenters. The van der Waals surface area contributed by atoms with Crippen LogP contribution in [0, 0.1) is 0 Å². The summed E-state index contributed by atoms with van der Waals surface area (Å²) in [6.45, 7) is 0.167. The van der Waals surface area contributed by atoms with Gasteiger partial charge in [0.15, 0.2) is 0 Å². The minimum Gasteiger partial charge on any atom is -0.375 e. The van der Waals surface area contributed by atoms with E-state index in [0.29, 0.717) is 24.4 Å². The molecule has 0 spiro atoms. The molecule has 1 fully saturated rings. The van der Waals surface area contributed by atoms with Crippen LogP contribution in [-0.4, -0.2) is 64.4 Å². The number of alkyl halides is 6. The largest absolute Gasteiger partial charge is 0.416 e. The van der Waals surface area contributed by atoms with E-state index < -0.39 is 42.2 Å². The molecule has 42 heavy (non-hydrogen) atoms. The third-order valence-electron chi connectivity index (χ3n) is 6.35. The van der Waals surface area contributed by atoms with Gasteiger partial charge in [0.25, 0.3) is 0 Å². The molecule has 16 heteroatoms. The number of benzene rings is 2. The van der Waals surface area contributed by atoms with Gasteiger partial charge in [-0.2, -0.15) is 26.3 Å². The summed E-state index contributed by atoms with van der Waals surface area (Å²) in [5.41, 5.74) is -0.850. The van der Waals surface area contributed by atoms with E-state index in [-0.39, 0.29) is 62.0 Å². The van der Waals surface area contributed by atoms with E-state index in [1.807, 2.05) is 54.2 Å². The van der Waals surface area contributed by atoms with E-state index in [1.165, 1.54) is 0 Å². The lowest BCUT2D eigenvalue weighted by Crippen LogP contribution is -2.57. The molecular weight excluding hydrogens is 613 g/mol. The summed E-state index contributed by atoms with van der Waals surface area (Å²) in [4.78, 5) is 16.5. The number of carbonyl (C=O) groups is 1. The van der Waals surface area contributed by atoms with Gasteiger partial charge in [-0.1, -0.05) is 35.5 Å². The van der Waals surface area contributed by atoms with Crippen LogP contribution in [0.4, 0.5) is 26.3 Å². The molecule has 2 N–H and O–H groups in total. The molecule has 1 amide bonds. The molecule has 0 bridgehead atoms. The average Bonchev–Trinajstić information content (AvgIpc) is 3.29. The van der Waals surface area contributed by atoms with Crippen LogP contribution in [0.3, 0.4) is 0 Å². The number of H-pyrrole nitrogens is 1. The Balaban J connectivity index is 0.00000308. The second-order valence-electron chi connectivity index (χ2n) is 9.84. The van der Waals surface area contributed by atoms with Crippen LogP contribution >= 0.6 is 24.8 Å². The van der Waals surface area contributed by atoms with Crippen molar-refractivity contribution in [3.05, 3.63) is 82.2 Å². The van der Waals surface area contributed by atoms with Crippen molar-refractivity contribution in [3.8, 4) is 0 Å². The Kier molecular flexibility index (Phi) is 12.2. The van der Waals surface area contributed by atoms with Crippen molar-refractivity contribution in [2.75, 3.05) is 27.2 Å². The van der Waals surface area contributed by atoms with Crippen LogP contribution in [0.2, 0.25) is 0 Å². The number of ether oxygens (including phenoxy) is 1. The quantitative estimate of drug-likeness (QED) is 0.319. The summed E-state index contributed by atoms with van der Waals surface area (Å²) in [5, 5.41) is 13.8. The maximum Gasteiger partial charge on any atom is 0.416 e. The van der Waals surface area contributed by atoms with E-state index in [2.05, 4.69) is 20.7 Å². The SMILES string of the molecule is CN(C)Cc1[nH]nnc1CN1CC(=O)N[C@H](COCc2cc(C(F)(F)F)cc(C(F)(F)F)c2)[C@@H]1c1ccccc1.Cl.Cl. The lowest BCUT2D eigenvalue weighted by molar-refractivity contribution is -0.143. The summed E-state index contributed by atoms with van der Waals surface area (Å²) in [6.07, 6.45) is -9.92. The molecule has 1 aliphatic rings. The number of rotatable bonds is 9. The van der Waals surface area contributed by atoms with Gasteiger partial charge in [0, 0.05) is 13.1 Å². The molecule has 1 aliphatic heterocycles. The zero-order valence-corrected chi connectivity index (χ0v) is 24.1. The first-order valence-electron chi connectivity index (χ1n) is 12.3. The fraction of sp³-hybridized carbons (Fsp3) is 0.423. The molecule has 2 aromatic carbocycles. The van der Waals surface area contributed by atoms with Crippen LogP contribution < -0.4 is 5.32 Å². The predicted octanol–water partition coefficient (Wildman–Crippen LogP) is 5.01. The van der Waals surface area contributed by atoms with Crippen molar-refractivity contribution in [2.24, 2.45) is 0 Å². The molecule has 3 aromatic rings. The van der Waals surface area contributed by atoms with Crippen LogP contribution in [0.25, 0.3) is 0 Å². The lowest BCUT2D eigenvalue weighted by Gasteiger charge is -2.41. The Hall–Kier alpha value is -2.91. The highest BCUT2D eigenvalue weighted by Crippen LogP contribution is 2.36. The lowest BCUT2D eigenvalue weighted by atomic mass is 9.95. The summed E-state index contributed by atoms with van der Waals surface area (Å²) < 4.78 is 85.2. The number of nitrogens with one attached hydrogen (secondary N) is 2. The van der Waals surface area contributed by atoms with Crippen molar-refractivity contribution >= 4 is 30.7 Å². The molecule has 1 aromatic heterocycles. The maximum absolute atomic E-state index is 13.3. The summed E-state index contributed by atoms with van der Waals surface area (Å²) in [7, 11) is 3.78.